The molecule has 4 spiro atoms. The van der Waals surface area contributed by atoms with Crippen LogP contribution in [0.2, 0.25) is 0 Å². The van der Waals surface area contributed by atoms with Gasteiger partial charge in [0, 0.05) is 117 Å². The van der Waals surface area contributed by atoms with E-state index in [1.807, 2.05) is 79.7 Å². The van der Waals surface area contributed by atoms with Gasteiger partial charge in [0.1, 0.15) is 47.3 Å². The number of nitriles is 4. The number of aliphatic carboxylic acids is 4. The van der Waals surface area contributed by atoms with Crippen LogP contribution >= 0.6 is 0 Å². The second kappa shape index (κ2) is 40.4. The van der Waals surface area contributed by atoms with Crippen LogP contribution in [0, 0.1) is 69.0 Å². The summed E-state index contributed by atoms with van der Waals surface area (Å²) in [5.74, 6) is 2.51. The van der Waals surface area contributed by atoms with Gasteiger partial charge in [-0.05, 0) is 327 Å². The van der Waals surface area contributed by atoms with Crippen molar-refractivity contribution in [3.63, 3.8) is 0 Å². The van der Waals surface area contributed by atoms with Gasteiger partial charge in [0.2, 0.25) is 23.3 Å². The minimum Gasteiger partial charge on any atom is -0.490 e. The lowest BCUT2D eigenvalue weighted by Gasteiger charge is -2.40. The van der Waals surface area contributed by atoms with E-state index in [9.17, 15) is 60.7 Å². The van der Waals surface area contributed by atoms with Crippen molar-refractivity contribution in [2.75, 3.05) is 52.4 Å². The molecule has 24 rings (SSSR count). The van der Waals surface area contributed by atoms with Crippen molar-refractivity contribution in [2.24, 2.45) is 23.7 Å². The first-order valence-electron chi connectivity index (χ1n) is 52.0. The lowest BCUT2D eigenvalue weighted by molar-refractivity contribution is -0.147. The van der Waals surface area contributed by atoms with Crippen molar-refractivity contribution in [3.8, 4) is 139 Å². The molecular weight excluding hydrogens is 1870 g/mol. The van der Waals surface area contributed by atoms with Gasteiger partial charge in [0.15, 0.2) is 0 Å². The fourth-order valence-corrected chi connectivity index (χ4v) is 25.4. The Morgan fingerprint density at radius 1 is 0.318 bits per heavy atom. The highest BCUT2D eigenvalue weighted by molar-refractivity contribution is 5.77. The molecule has 0 amide bonds. The van der Waals surface area contributed by atoms with Crippen molar-refractivity contribution >= 4 is 23.9 Å². The molecule has 32 heteroatoms. The van der Waals surface area contributed by atoms with E-state index in [2.05, 4.69) is 137 Å². The highest BCUT2D eigenvalue weighted by atomic mass is 16.5. The van der Waals surface area contributed by atoms with Gasteiger partial charge in [-0.2, -0.15) is 41.0 Å². The number of hydrogen-bond donors (Lipinski definition) is 4. The normalized spacial score (nSPS) is 24.7. The summed E-state index contributed by atoms with van der Waals surface area (Å²) in [7, 11) is 0. The summed E-state index contributed by atoms with van der Waals surface area (Å²) < 4.78 is 45.5. The van der Waals surface area contributed by atoms with E-state index in [1.54, 1.807) is 48.5 Å². The van der Waals surface area contributed by atoms with E-state index >= 15 is 0 Å². The predicted molar refractivity (Wildman–Crippen MR) is 544 cm³/mol. The molecule has 4 saturated heterocycles. The average Bonchev–Trinajstić information content (AvgIpc) is 1.59. The van der Waals surface area contributed by atoms with Gasteiger partial charge in [-0.3, -0.25) is 38.8 Å². The highest BCUT2D eigenvalue weighted by Crippen LogP contribution is 2.56. The zero-order chi connectivity index (χ0) is 103. The van der Waals surface area contributed by atoms with Gasteiger partial charge in [0.05, 0.1) is 70.3 Å². The van der Waals surface area contributed by atoms with E-state index in [0.29, 0.717) is 139 Å². The van der Waals surface area contributed by atoms with Gasteiger partial charge in [-0.15, -0.1) is 0 Å². The Labute approximate surface area is 858 Å². The average molecular weight is 1990 g/mol. The van der Waals surface area contributed by atoms with Gasteiger partial charge in [-0.1, -0.05) is 93.4 Å². The number of carboxylic acids is 4. The maximum Gasteiger partial charge on any atom is 0.306 e. The maximum atomic E-state index is 11.2. The molecule has 8 aliphatic carbocycles. The van der Waals surface area contributed by atoms with Gasteiger partial charge < -0.3 is 57.5 Å². The van der Waals surface area contributed by atoms with E-state index in [0.717, 1.165) is 203 Å². The fraction of sp³-hybridized carbons (Fsp3) is 0.448. The number of fused-ring (bicyclic) bond motifs is 8. The Kier molecular flexibility index (Phi) is 27.1. The maximum absolute atomic E-state index is 11.2. The number of likely N-dealkylation sites (tertiary alicyclic amines) is 4. The molecule has 4 aromatic heterocycles. The summed E-state index contributed by atoms with van der Waals surface area (Å²) in [5, 5.41) is 92.5. The summed E-state index contributed by atoms with van der Waals surface area (Å²) >= 11 is 0. The predicted octanol–water partition coefficient (Wildman–Crippen LogP) is 19.3. The minimum atomic E-state index is -0.663. The molecule has 760 valence electrons. The third-order valence-electron chi connectivity index (χ3n) is 33.4. The SMILES string of the molecule is CC(C)Oc1ccc(-c2nc(-c3cccc4c3CCC43CCN(C4CC(C(=O)O)C4)C3)no2)cc1C#N.CC(C)Oc1ccc(-c2nc(-c3cccc4c3CCC43CCN(C4CC(C(=O)O)C4)C3)no2)cc1C#N.CC(C)Oc1ccc(-c2nc(-c3cccc4c3CCC43CCN(C4CC(C(=O)O)C4)C3)no2)cc1C#N.CC(C)Oc1ccc(-c2nc(-c3cccc4c3CCC43CCN(C4CC(C(=O)O)C4)C3)no2)cc1C#N. The first-order valence-corrected chi connectivity index (χ1v) is 52.0. The van der Waals surface area contributed by atoms with Gasteiger partial charge in [0.25, 0.3) is 23.6 Å². The Bertz CT molecular complexity index is 6460. The summed E-state index contributed by atoms with van der Waals surface area (Å²) in [4.78, 5) is 73.8. The molecule has 8 heterocycles. The van der Waals surface area contributed by atoms with Gasteiger partial charge in [-0.25, -0.2) is 0 Å². The molecule has 148 heavy (non-hydrogen) atoms. The number of ether oxygens (including phenoxy) is 4. The fourth-order valence-electron chi connectivity index (χ4n) is 25.4. The first-order chi connectivity index (χ1) is 71.5. The number of hydrogen-bond acceptors (Lipinski definition) is 28. The van der Waals surface area contributed by atoms with E-state index in [4.69, 9.17) is 57.0 Å². The van der Waals surface area contributed by atoms with Crippen LogP contribution in [-0.4, -0.2) is 205 Å². The molecule has 12 aliphatic rings. The van der Waals surface area contributed by atoms with Crippen LogP contribution in [0.1, 0.15) is 225 Å². The molecule has 4 saturated carbocycles. The van der Waals surface area contributed by atoms with Crippen LogP contribution in [0.5, 0.6) is 23.0 Å². The molecule has 12 aromatic rings. The molecule has 4 unspecified atom stereocenters. The third kappa shape index (κ3) is 19.1. The largest absolute Gasteiger partial charge is 0.490 e. The Morgan fingerprint density at radius 3 is 0.716 bits per heavy atom. The lowest BCUT2D eigenvalue weighted by Crippen LogP contribution is -2.47. The van der Waals surface area contributed by atoms with Crippen LogP contribution in [0.3, 0.4) is 0 Å². The van der Waals surface area contributed by atoms with Crippen LogP contribution in [-0.2, 0) is 66.5 Å². The zero-order valence-corrected chi connectivity index (χ0v) is 84.4. The van der Waals surface area contributed by atoms with E-state index in [1.165, 1.54) is 44.5 Å². The first kappa shape index (κ1) is 99.2. The van der Waals surface area contributed by atoms with Crippen LogP contribution in [0.4, 0.5) is 0 Å². The zero-order valence-electron chi connectivity index (χ0n) is 84.4. The molecule has 4 aliphatic heterocycles. The van der Waals surface area contributed by atoms with Crippen molar-refractivity contribution < 1.29 is 76.6 Å². The second-order valence-electron chi connectivity index (χ2n) is 43.6. The van der Waals surface area contributed by atoms with E-state index < -0.39 is 23.9 Å². The van der Waals surface area contributed by atoms with Crippen LogP contribution in [0.25, 0.3) is 91.4 Å². The van der Waals surface area contributed by atoms with E-state index in [-0.39, 0.29) is 69.7 Å². The molecule has 0 radical (unpaired) electrons. The summed E-state index contributed by atoms with van der Waals surface area (Å²) in [6.07, 6.45) is 18.6. The molecule has 8 aromatic carbocycles. The quantitative estimate of drug-likeness (QED) is 0.0436. The number of carbonyl (C=O) groups is 4. The highest BCUT2D eigenvalue weighted by Gasteiger charge is 2.55. The molecule has 0 bridgehead atoms. The molecule has 4 N–H and O–H groups in total. The monoisotopic (exact) mass is 1990 g/mol. The number of carboxylic acid groups (broad SMARTS) is 4. The van der Waals surface area contributed by atoms with Crippen molar-refractivity contribution in [2.45, 2.75) is 254 Å². The minimum absolute atomic E-state index is 0.0289. The number of benzene rings is 8. The third-order valence-corrected chi connectivity index (χ3v) is 33.4. The summed E-state index contributed by atoms with van der Waals surface area (Å²) in [6.45, 7) is 23.4. The second-order valence-corrected chi connectivity index (χ2v) is 43.6. The van der Waals surface area contributed by atoms with Crippen molar-refractivity contribution in [3.05, 3.63) is 212 Å². The topological polar surface area (TPSA) is 450 Å². The lowest BCUT2D eigenvalue weighted by atomic mass is 9.78. The molecular formula is C116H120N16O16. The smallest absolute Gasteiger partial charge is 0.306 e. The van der Waals surface area contributed by atoms with Crippen LogP contribution in [0.15, 0.2) is 164 Å². The number of aromatic nitrogens is 8. The molecule has 8 fully saturated rings. The number of rotatable bonds is 24. The molecule has 4 atom stereocenters. The number of nitrogens with zero attached hydrogens (tertiary/aromatic N) is 16. The van der Waals surface area contributed by atoms with Crippen molar-refractivity contribution in [1.82, 2.24) is 60.2 Å². The molecule has 32 nitrogen and oxygen atoms in total. The summed E-state index contributed by atoms with van der Waals surface area (Å²) in [5.41, 5.74) is 19.5. The van der Waals surface area contributed by atoms with Gasteiger partial charge >= 0.3 is 23.9 Å². The summed E-state index contributed by atoms with van der Waals surface area (Å²) in [6, 6.07) is 57.2. The van der Waals surface area contributed by atoms with Crippen molar-refractivity contribution in [1.29, 1.82) is 21.0 Å². The Hall–Kier alpha value is -14.8. The van der Waals surface area contributed by atoms with Crippen LogP contribution < -0.4 is 18.9 Å². The Morgan fingerprint density at radius 2 is 0.527 bits per heavy atom. The Balaban J connectivity index is 0.000000116. The standard InChI is InChI=1S/4C29H30N4O4/c4*1-17(2)36-25-7-6-18(12-20(25)15-30)27-31-26(32-37-27)23-4-3-5-24-22(23)8-9-29(24)10-11-33(16-29)21-13-19(14-21)28(34)35/h4*3-7,12,17,19,21H,8-11,13-14,16H2,1-2H3,(H,34,35).